The molecule has 1 spiro atoms. The number of imidazole rings is 1. The summed E-state index contributed by atoms with van der Waals surface area (Å²) in [6.45, 7) is 5.65. The van der Waals surface area contributed by atoms with Gasteiger partial charge in [0.1, 0.15) is 11.6 Å². The molecule has 7 heteroatoms. The van der Waals surface area contributed by atoms with Crippen LogP contribution in [0.1, 0.15) is 55.0 Å². The molecule has 0 bridgehead atoms. The fourth-order valence-corrected chi connectivity index (χ4v) is 5.35. The average Bonchev–Trinajstić information content (AvgIpc) is 3.30. The number of nitrogens with zero attached hydrogens (tertiary/aromatic N) is 3. The number of carbonyl (C=O) groups excluding carboxylic acids is 1. The monoisotopic (exact) mass is 392 g/mol. The number of hydrogen-bond donors (Lipinski definition) is 1. The normalized spacial score (nSPS) is 23.4. The van der Waals surface area contributed by atoms with Gasteiger partial charge in [-0.3, -0.25) is 4.79 Å². The third-order valence-electron chi connectivity index (χ3n) is 6.86. The average molecular weight is 392 g/mol. The first-order valence-corrected chi connectivity index (χ1v) is 10.4. The zero-order valence-electron chi connectivity index (χ0n) is 16.7. The predicted molar refractivity (Wildman–Crippen MR) is 106 cm³/mol. The predicted octanol–water partition coefficient (Wildman–Crippen LogP) is 3.61. The molecule has 1 saturated carbocycles. The first kappa shape index (κ1) is 17.2. The first-order chi connectivity index (χ1) is 14.0. The highest BCUT2D eigenvalue weighted by molar-refractivity contribution is 5.84. The topological polar surface area (TPSA) is 82.2 Å². The number of ether oxygens (including phenoxy) is 1. The Morgan fingerprint density at radius 3 is 2.69 bits per heavy atom. The number of carbonyl (C=O) groups is 1. The number of aromatic nitrogens is 3. The van der Waals surface area contributed by atoms with Crippen LogP contribution < -0.4 is 5.32 Å². The third kappa shape index (κ3) is 2.50. The fourth-order valence-electron chi connectivity index (χ4n) is 5.35. The molecule has 6 rings (SSSR count). The summed E-state index contributed by atoms with van der Waals surface area (Å²) in [5, 5.41) is 7.20. The Labute approximate surface area is 168 Å². The van der Waals surface area contributed by atoms with E-state index in [1.807, 2.05) is 13.8 Å². The van der Waals surface area contributed by atoms with Crippen LogP contribution in [0.2, 0.25) is 0 Å². The van der Waals surface area contributed by atoms with E-state index in [0.717, 1.165) is 71.9 Å². The number of fused-ring (bicyclic) bond motifs is 1. The molecule has 29 heavy (non-hydrogen) atoms. The summed E-state index contributed by atoms with van der Waals surface area (Å²) in [6.07, 6.45) is 3.62. The van der Waals surface area contributed by atoms with Crippen LogP contribution in [0.15, 0.2) is 22.7 Å². The number of benzene rings is 1. The van der Waals surface area contributed by atoms with Crippen molar-refractivity contribution < 1.29 is 14.1 Å². The summed E-state index contributed by atoms with van der Waals surface area (Å²) in [6, 6.07) is 6.82. The molecule has 1 unspecified atom stereocenters. The maximum atomic E-state index is 11.9. The third-order valence-corrected chi connectivity index (χ3v) is 6.86. The van der Waals surface area contributed by atoms with Crippen LogP contribution in [0.3, 0.4) is 0 Å². The molecule has 150 valence electrons. The lowest BCUT2D eigenvalue weighted by Crippen LogP contribution is -2.52. The largest absolute Gasteiger partial charge is 0.380 e. The van der Waals surface area contributed by atoms with E-state index in [-0.39, 0.29) is 11.9 Å². The first-order valence-electron chi connectivity index (χ1n) is 10.4. The minimum atomic E-state index is -0.00777. The van der Waals surface area contributed by atoms with Gasteiger partial charge < -0.3 is 19.1 Å². The summed E-state index contributed by atoms with van der Waals surface area (Å²) in [4.78, 5) is 16.9. The fraction of sp³-hybridized carbons (Fsp3) is 0.500. The number of hydrogen-bond acceptors (Lipinski definition) is 5. The molecule has 1 amide bonds. The Morgan fingerprint density at radius 1 is 1.24 bits per heavy atom. The summed E-state index contributed by atoms with van der Waals surface area (Å²) in [5.41, 5.74) is 5.45. The van der Waals surface area contributed by atoms with E-state index in [1.54, 1.807) is 0 Å². The van der Waals surface area contributed by atoms with E-state index < -0.39 is 0 Å². The van der Waals surface area contributed by atoms with Gasteiger partial charge in [0.2, 0.25) is 5.91 Å². The Morgan fingerprint density at radius 2 is 2.07 bits per heavy atom. The molecule has 7 nitrogen and oxygen atoms in total. The zero-order chi connectivity index (χ0) is 19.8. The van der Waals surface area contributed by atoms with Crippen molar-refractivity contribution in [1.82, 2.24) is 20.0 Å². The van der Waals surface area contributed by atoms with Crippen molar-refractivity contribution >= 4 is 16.9 Å². The van der Waals surface area contributed by atoms with Crippen molar-refractivity contribution in [2.45, 2.75) is 51.6 Å². The van der Waals surface area contributed by atoms with Crippen LogP contribution in [0.4, 0.5) is 0 Å². The number of nitrogens with one attached hydrogen (secondary N) is 1. The lowest BCUT2D eigenvalue weighted by atomic mass is 9.64. The van der Waals surface area contributed by atoms with E-state index in [9.17, 15) is 4.79 Å². The van der Waals surface area contributed by atoms with Gasteiger partial charge in [-0.2, -0.15) is 0 Å². The van der Waals surface area contributed by atoms with Gasteiger partial charge in [-0.25, -0.2) is 4.98 Å². The molecule has 1 N–H and O–H groups in total. The molecular formula is C22H24N4O3. The van der Waals surface area contributed by atoms with E-state index in [1.165, 1.54) is 0 Å². The van der Waals surface area contributed by atoms with Crippen LogP contribution in [0.25, 0.3) is 22.2 Å². The van der Waals surface area contributed by atoms with Gasteiger partial charge in [0.25, 0.3) is 0 Å². The van der Waals surface area contributed by atoms with Gasteiger partial charge in [-0.05, 0) is 50.8 Å². The second-order valence-electron chi connectivity index (χ2n) is 8.96. The molecule has 3 aromatic rings. The molecule has 1 atom stereocenters. The Balaban J connectivity index is 1.46. The highest BCUT2D eigenvalue weighted by Gasteiger charge is 2.51. The second-order valence-corrected chi connectivity index (χ2v) is 8.96. The van der Waals surface area contributed by atoms with Crippen molar-refractivity contribution in [3.05, 3.63) is 35.5 Å². The van der Waals surface area contributed by atoms with Gasteiger partial charge in [0, 0.05) is 23.4 Å². The minimum Gasteiger partial charge on any atom is -0.380 e. The van der Waals surface area contributed by atoms with Crippen molar-refractivity contribution in [1.29, 1.82) is 0 Å². The van der Waals surface area contributed by atoms with Gasteiger partial charge in [0.05, 0.1) is 36.0 Å². The van der Waals surface area contributed by atoms with E-state index in [0.29, 0.717) is 17.9 Å². The van der Waals surface area contributed by atoms with Crippen LogP contribution in [0.5, 0.6) is 0 Å². The van der Waals surface area contributed by atoms with E-state index in [2.05, 4.69) is 33.2 Å². The molecule has 2 aromatic heterocycles. The Kier molecular flexibility index (Phi) is 3.51. The Hall–Kier alpha value is -2.67. The molecule has 0 radical (unpaired) electrons. The summed E-state index contributed by atoms with van der Waals surface area (Å²) >= 11 is 0. The van der Waals surface area contributed by atoms with Crippen molar-refractivity contribution in [3.63, 3.8) is 0 Å². The summed E-state index contributed by atoms with van der Waals surface area (Å²) in [5.74, 6) is 1.92. The van der Waals surface area contributed by atoms with Gasteiger partial charge >= 0.3 is 0 Å². The maximum Gasteiger partial charge on any atom is 0.220 e. The van der Waals surface area contributed by atoms with Crippen molar-refractivity contribution in [2.24, 2.45) is 5.41 Å². The highest BCUT2D eigenvalue weighted by Crippen LogP contribution is 2.54. The summed E-state index contributed by atoms with van der Waals surface area (Å²) < 4.78 is 13.2. The molecular weight excluding hydrogens is 368 g/mol. The molecule has 3 aliphatic rings. The lowest BCUT2D eigenvalue weighted by molar-refractivity contribution is -0.174. The zero-order valence-corrected chi connectivity index (χ0v) is 16.7. The number of rotatable bonds is 3. The molecule has 4 heterocycles. The highest BCUT2D eigenvalue weighted by atomic mass is 16.5. The van der Waals surface area contributed by atoms with Crippen LogP contribution >= 0.6 is 0 Å². The standard InChI is InChI=1S/C22H24N4O3/c1-12-20(13(2)29-25-12)14-3-5-18-17(7-14)24-21(16-4-6-19(27)23-16)26(18)15-8-22(9-15)10-28-11-22/h3,5,7,15-16H,4,6,8-11H2,1-2H3,(H,23,27). The smallest absolute Gasteiger partial charge is 0.220 e. The molecule has 2 aliphatic heterocycles. The van der Waals surface area contributed by atoms with Crippen LogP contribution in [0, 0.1) is 19.3 Å². The quantitative estimate of drug-likeness (QED) is 0.736. The minimum absolute atomic E-state index is 0.00777. The van der Waals surface area contributed by atoms with Crippen molar-refractivity contribution in [2.75, 3.05) is 13.2 Å². The Bertz CT molecular complexity index is 1110. The molecule has 1 aliphatic carbocycles. The SMILES string of the molecule is Cc1noc(C)c1-c1ccc2c(c1)nc(C1CCC(=O)N1)n2C1CC2(COC2)C1. The number of aryl methyl sites for hydroxylation is 2. The lowest BCUT2D eigenvalue weighted by Gasteiger charge is -2.54. The van der Waals surface area contributed by atoms with E-state index >= 15 is 0 Å². The second kappa shape index (κ2) is 5.92. The summed E-state index contributed by atoms with van der Waals surface area (Å²) in [7, 11) is 0. The number of amides is 1. The van der Waals surface area contributed by atoms with Gasteiger partial charge in [0.15, 0.2) is 0 Å². The van der Waals surface area contributed by atoms with Gasteiger partial charge in [-0.15, -0.1) is 0 Å². The van der Waals surface area contributed by atoms with Gasteiger partial charge in [-0.1, -0.05) is 11.2 Å². The van der Waals surface area contributed by atoms with E-state index in [4.69, 9.17) is 14.2 Å². The molecule has 1 aromatic carbocycles. The van der Waals surface area contributed by atoms with Crippen molar-refractivity contribution in [3.8, 4) is 11.1 Å². The maximum absolute atomic E-state index is 11.9. The van der Waals surface area contributed by atoms with Crippen LogP contribution in [-0.4, -0.2) is 33.8 Å². The molecule has 2 saturated heterocycles. The van der Waals surface area contributed by atoms with Crippen LogP contribution in [-0.2, 0) is 9.53 Å². The molecule has 3 fully saturated rings.